The summed E-state index contributed by atoms with van der Waals surface area (Å²) < 4.78 is 0. The highest BCUT2D eigenvalue weighted by Gasteiger charge is 2.10. The number of para-hydroxylation sites is 1. The molecule has 0 heterocycles. The fourth-order valence-corrected chi connectivity index (χ4v) is 3.84. The van der Waals surface area contributed by atoms with Crippen molar-refractivity contribution in [2.75, 3.05) is 5.32 Å². The van der Waals surface area contributed by atoms with Crippen molar-refractivity contribution in [2.45, 2.75) is 90.4 Å². The molecule has 0 fully saturated rings. The van der Waals surface area contributed by atoms with E-state index >= 15 is 0 Å². The van der Waals surface area contributed by atoms with E-state index in [4.69, 9.17) is 0 Å². The molecule has 2 aromatic carbocycles. The van der Waals surface area contributed by atoms with Crippen molar-refractivity contribution in [3.63, 3.8) is 0 Å². The molecule has 2 aromatic rings. The van der Waals surface area contributed by atoms with E-state index in [0.29, 0.717) is 0 Å². The van der Waals surface area contributed by atoms with Crippen molar-refractivity contribution >= 4 is 11.6 Å². The zero-order valence-electron chi connectivity index (χ0n) is 18.3. The molecule has 0 spiro atoms. The van der Waals surface area contributed by atoms with Gasteiger partial charge in [0.2, 0.25) is 0 Å². The summed E-state index contributed by atoms with van der Waals surface area (Å²) in [5, 5.41) is 3.01. The van der Waals surface area contributed by atoms with Crippen LogP contribution in [0.3, 0.4) is 0 Å². The van der Waals surface area contributed by atoms with Gasteiger partial charge >= 0.3 is 0 Å². The molecule has 0 saturated carbocycles. The maximum atomic E-state index is 12.6. The summed E-state index contributed by atoms with van der Waals surface area (Å²) in [6.07, 6.45) is 17.2. The molecule has 158 valence electrons. The lowest BCUT2D eigenvalue weighted by atomic mass is 9.99. The van der Waals surface area contributed by atoms with E-state index in [1.165, 1.54) is 70.6 Å². The number of amides is 1. The molecule has 1 amide bonds. The third-order valence-corrected chi connectivity index (χ3v) is 5.59. The molecule has 0 atom stereocenters. The van der Waals surface area contributed by atoms with Gasteiger partial charge in [0.05, 0.1) is 0 Å². The van der Waals surface area contributed by atoms with Gasteiger partial charge in [0.15, 0.2) is 0 Å². The van der Waals surface area contributed by atoms with Crippen LogP contribution >= 0.6 is 0 Å². The third-order valence-electron chi connectivity index (χ3n) is 5.59. The van der Waals surface area contributed by atoms with Gasteiger partial charge < -0.3 is 5.32 Å². The van der Waals surface area contributed by atoms with Crippen molar-refractivity contribution in [3.05, 3.63) is 65.7 Å². The Kier molecular flexibility index (Phi) is 11.9. The van der Waals surface area contributed by atoms with Crippen LogP contribution in [0.15, 0.2) is 54.6 Å². The van der Waals surface area contributed by atoms with Crippen LogP contribution in [0.1, 0.15) is 99.9 Å². The number of benzene rings is 2. The van der Waals surface area contributed by atoms with E-state index in [9.17, 15) is 4.79 Å². The molecule has 0 bridgehead atoms. The normalized spacial score (nSPS) is 10.8. The molecule has 0 aliphatic heterocycles. The minimum absolute atomic E-state index is 0.00858. The zero-order chi connectivity index (χ0) is 20.6. The van der Waals surface area contributed by atoms with Gasteiger partial charge in [0.25, 0.3) is 5.91 Å². The Bertz CT molecular complexity index is 680. The molecular weight excluding hydrogens is 354 g/mol. The molecule has 0 aliphatic carbocycles. The summed E-state index contributed by atoms with van der Waals surface area (Å²) in [5.74, 6) is -0.00858. The summed E-state index contributed by atoms with van der Waals surface area (Å²) in [7, 11) is 0. The second-order valence-electron chi connectivity index (χ2n) is 8.12. The molecule has 2 rings (SSSR count). The van der Waals surface area contributed by atoms with Crippen LogP contribution in [0.4, 0.5) is 5.69 Å². The van der Waals surface area contributed by atoms with E-state index < -0.39 is 0 Å². The molecular formula is C27H39NO. The quantitative estimate of drug-likeness (QED) is 0.304. The first-order chi connectivity index (χ1) is 14.3. The number of carbonyl (C=O) groups is 1. The smallest absolute Gasteiger partial charge is 0.255 e. The highest BCUT2D eigenvalue weighted by molar-refractivity contribution is 6.05. The third kappa shape index (κ3) is 9.78. The summed E-state index contributed by atoms with van der Waals surface area (Å²) in [5.41, 5.74) is 2.81. The van der Waals surface area contributed by atoms with Gasteiger partial charge in [-0.05, 0) is 36.6 Å². The van der Waals surface area contributed by atoms with Crippen molar-refractivity contribution < 1.29 is 4.79 Å². The number of unbranched alkanes of at least 4 members (excludes halogenated alkanes) is 11. The van der Waals surface area contributed by atoms with E-state index in [1.54, 1.807) is 0 Å². The van der Waals surface area contributed by atoms with Crippen LogP contribution in [0, 0.1) is 0 Å². The lowest BCUT2D eigenvalue weighted by Gasteiger charge is -2.10. The average molecular weight is 394 g/mol. The zero-order valence-corrected chi connectivity index (χ0v) is 18.3. The van der Waals surface area contributed by atoms with Crippen molar-refractivity contribution in [1.82, 2.24) is 0 Å². The Hall–Kier alpha value is -2.09. The Morgan fingerprint density at radius 2 is 1.17 bits per heavy atom. The molecule has 0 saturated heterocycles. The van der Waals surface area contributed by atoms with E-state index in [-0.39, 0.29) is 5.91 Å². The van der Waals surface area contributed by atoms with Gasteiger partial charge in [-0.2, -0.15) is 0 Å². The standard InChI is InChI=1S/C27H39NO/c1-2-3-4-5-6-7-8-9-10-11-12-14-19-24-20-17-18-23-26(24)27(29)28-25-21-15-13-16-22-25/h13,15-18,20-23H,2-12,14,19H2,1H3,(H,28,29). The first-order valence-electron chi connectivity index (χ1n) is 11.8. The molecule has 2 heteroatoms. The molecule has 0 radical (unpaired) electrons. The van der Waals surface area contributed by atoms with Crippen LogP contribution < -0.4 is 5.32 Å². The molecule has 0 aromatic heterocycles. The summed E-state index contributed by atoms with van der Waals surface area (Å²) in [6, 6.07) is 17.7. The number of hydrogen-bond acceptors (Lipinski definition) is 1. The number of nitrogens with one attached hydrogen (secondary N) is 1. The lowest BCUT2D eigenvalue weighted by Crippen LogP contribution is -2.14. The van der Waals surface area contributed by atoms with Crippen molar-refractivity contribution in [3.8, 4) is 0 Å². The number of aryl methyl sites for hydroxylation is 1. The molecule has 0 unspecified atom stereocenters. The minimum atomic E-state index is -0.00858. The van der Waals surface area contributed by atoms with Crippen molar-refractivity contribution in [1.29, 1.82) is 0 Å². The molecule has 2 nitrogen and oxygen atoms in total. The summed E-state index contributed by atoms with van der Waals surface area (Å²) in [6.45, 7) is 2.28. The largest absolute Gasteiger partial charge is 0.322 e. The number of anilines is 1. The highest BCUT2D eigenvalue weighted by Crippen LogP contribution is 2.17. The van der Waals surface area contributed by atoms with Crippen molar-refractivity contribution in [2.24, 2.45) is 0 Å². The monoisotopic (exact) mass is 393 g/mol. The van der Waals surface area contributed by atoms with Gasteiger partial charge in [-0.15, -0.1) is 0 Å². The highest BCUT2D eigenvalue weighted by atomic mass is 16.1. The second kappa shape index (κ2) is 14.8. The van der Waals surface area contributed by atoms with Gasteiger partial charge in [-0.3, -0.25) is 4.79 Å². The minimum Gasteiger partial charge on any atom is -0.322 e. The van der Waals surface area contributed by atoms with E-state index in [2.05, 4.69) is 18.3 Å². The van der Waals surface area contributed by atoms with Crippen LogP contribution in [0.5, 0.6) is 0 Å². The maximum absolute atomic E-state index is 12.6. The van der Waals surface area contributed by atoms with Gasteiger partial charge in [0.1, 0.15) is 0 Å². The topological polar surface area (TPSA) is 29.1 Å². The van der Waals surface area contributed by atoms with Gasteiger partial charge in [0, 0.05) is 11.3 Å². The number of hydrogen-bond donors (Lipinski definition) is 1. The Morgan fingerprint density at radius 3 is 1.79 bits per heavy atom. The van der Waals surface area contributed by atoms with Crippen LogP contribution in [-0.2, 0) is 6.42 Å². The van der Waals surface area contributed by atoms with Gasteiger partial charge in [-0.25, -0.2) is 0 Å². The Morgan fingerprint density at radius 1 is 0.655 bits per heavy atom. The molecule has 29 heavy (non-hydrogen) atoms. The van der Waals surface area contributed by atoms with Gasteiger partial charge in [-0.1, -0.05) is 114 Å². The molecule has 1 N–H and O–H groups in total. The lowest BCUT2D eigenvalue weighted by molar-refractivity contribution is 0.102. The maximum Gasteiger partial charge on any atom is 0.255 e. The number of rotatable bonds is 15. The number of carbonyl (C=O) groups excluding carboxylic acids is 1. The van der Waals surface area contributed by atoms with Crippen LogP contribution in [0.2, 0.25) is 0 Å². The second-order valence-corrected chi connectivity index (χ2v) is 8.12. The fraction of sp³-hybridized carbons (Fsp3) is 0.519. The fourth-order valence-electron chi connectivity index (χ4n) is 3.84. The van der Waals surface area contributed by atoms with Crippen LogP contribution in [0.25, 0.3) is 0 Å². The van der Waals surface area contributed by atoms with E-state index in [1.807, 2.05) is 48.5 Å². The predicted molar refractivity (Wildman–Crippen MR) is 126 cm³/mol. The summed E-state index contributed by atoms with van der Waals surface area (Å²) in [4.78, 5) is 12.6. The first-order valence-corrected chi connectivity index (χ1v) is 11.8. The van der Waals surface area contributed by atoms with Crippen LogP contribution in [-0.4, -0.2) is 5.91 Å². The van der Waals surface area contributed by atoms with E-state index in [0.717, 1.165) is 29.7 Å². The Labute approximate surface area is 178 Å². The first kappa shape index (κ1) is 23.2. The predicted octanol–water partition coefficient (Wildman–Crippen LogP) is 8.18. The average Bonchev–Trinajstić information content (AvgIpc) is 2.75. The SMILES string of the molecule is CCCCCCCCCCCCCCc1ccccc1C(=O)Nc1ccccc1. The molecule has 0 aliphatic rings. The Balaban J connectivity index is 1.60. The summed E-state index contributed by atoms with van der Waals surface area (Å²) >= 11 is 0.